The Labute approximate surface area is 194 Å². The monoisotopic (exact) mass is 439 g/mol. The van der Waals surface area contributed by atoms with Gasteiger partial charge in [-0.25, -0.2) is 9.97 Å². The molecule has 0 atom stereocenters. The van der Waals surface area contributed by atoms with Gasteiger partial charge in [-0.3, -0.25) is 0 Å². The summed E-state index contributed by atoms with van der Waals surface area (Å²) in [5.74, 6) is 1.67. The molecule has 33 heavy (non-hydrogen) atoms. The second-order valence-electron chi connectivity index (χ2n) is 8.77. The Balaban J connectivity index is 1.28. The van der Waals surface area contributed by atoms with Gasteiger partial charge in [0, 0.05) is 43.0 Å². The Kier molecular flexibility index (Phi) is 5.84. The van der Waals surface area contributed by atoms with Crippen molar-refractivity contribution in [2.45, 2.75) is 18.9 Å². The van der Waals surface area contributed by atoms with Crippen LogP contribution >= 0.6 is 0 Å². The fourth-order valence-electron chi connectivity index (χ4n) is 4.26. The fraction of sp³-hybridized carbons (Fsp3) is 0.259. The number of nitrogens with zero attached hydrogens (tertiary/aromatic N) is 4. The molecule has 4 aromatic rings. The number of pyridine rings is 1. The average molecular weight is 440 g/mol. The molecule has 6 heteroatoms. The number of aromatic nitrogens is 3. The highest BCUT2D eigenvalue weighted by atomic mass is 16.5. The number of imidazole rings is 1. The number of hydrogen-bond acceptors (Lipinski definition) is 5. The van der Waals surface area contributed by atoms with Crippen LogP contribution in [0.2, 0.25) is 0 Å². The number of piperidine rings is 1. The first-order valence-electron chi connectivity index (χ1n) is 11.3. The average Bonchev–Trinajstić information content (AvgIpc) is 3.26. The molecule has 0 spiro atoms. The molecule has 168 valence electrons. The zero-order valence-corrected chi connectivity index (χ0v) is 19.2. The predicted molar refractivity (Wildman–Crippen MR) is 134 cm³/mol. The van der Waals surface area contributed by atoms with Crippen molar-refractivity contribution in [1.82, 2.24) is 19.4 Å². The van der Waals surface area contributed by atoms with Crippen LogP contribution < -0.4 is 10.1 Å². The lowest BCUT2D eigenvalue weighted by Crippen LogP contribution is -2.35. The molecule has 1 aliphatic heterocycles. The second kappa shape index (κ2) is 9.08. The summed E-state index contributed by atoms with van der Waals surface area (Å²) in [6.07, 6.45) is 8.02. The Bertz CT molecular complexity index is 1270. The van der Waals surface area contributed by atoms with E-state index in [2.05, 4.69) is 58.1 Å². The maximum Gasteiger partial charge on any atom is 0.130 e. The van der Waals surface area contributed by atoms with Gasteiger partial charge < -0.3 is 19.5 Å². The van der Waals surface area contributed by atoms with Crippen LogP contribution in [-0.2, 0) is 7.05 Å². The summed E-state index contributed by atoms with van der Waals surface area (Å²) in [5, 5.41) is 5.55. The van der Waals surface area contributed by atoms with Gasteiger partial charge in [-0.1, -0.05) is 18.7 Å². The van der Waals surface area contributed by atoms with Crippen molar-refractivity contribution in [3.63, 3.8) is 0 Å². The van der Waals surface area contributed by atoms with Crippen molar-refractivity contribution in [3.05, 3.63) is 79.4 Å². The number of nitrogens with one attached hydrogen (secondary N) is 1. The molecule has 0 saturated carbocycles. The summed E-state index contributed by atoms with van der Waals surface area (Å²) in [6.45, 7) is 6.39. The van der Waals surface area contributed by atoms with E-state index in [9.17, 15) is 0 Å². The van der Waals surface area contributed by atoms with Crippen LogP contribution in [0.1, 0.15) is 18.4 Å². The van der Waals surface area contributed by atoms with E-state index in [1.807, 2.05) is 54.6 Å². The van der Waals surface area contributed by atoms with E-state index in [0.29, 0.717) is 6.10 Å². The number of fused-ring (bicyclic) bond motifs is 1. The number of hydrogen-bond donors (Lipinski definition) is 1. The van der Waals surface area contributed by atoms with Crippen molar-refractivity contribution in [1.29, 1.82) is 0 Å². The van der Waals surface area contributed by atoms with E-state index in [0.717, 1.165) is 70.8 Å². The lowest BCUT2D eigenvalue weighted by molar-refractivity contribution is 0.114. The maximum atomic E-state index is 6.16. The molecule has 6 nitrogen and oxygen atoms in total. The normalized spacial score (nSPS) is 15.0. The van der Waals surface area contributed by atoms with Gasteiger partial charge >= 0.3 is 0 Å². The van der Waals surface area contributed by atoms with Crippen LogP contribution in [0.3, 0.4) is 0 Å². The SMILES string of the molecule is C=C(Nc1cc2cc(-c3cncn3C)ccc2cn1)c1ccc(OC2CCN(C)CC2)cc1. The molecule has 0 unspecified atom stereocenters. The highest BCUT2D eigenvalue weighted by Crippen LogP contribution is 2.27. The first kappa shape index (κ1) is 21.2. The molecule has 5 rings (SSSR count). The topological polar surface area (TPSA) is 55.2 Å². The van der Waals surface area contributed by atoms with Crippen molar-refractivity contribution < 1.29 is 4.74 Å². The van der Waals surface area contributed by atoms with Crippen LogP contribution in [0.4, 0.5) is 5.82 Å². The van der Waals surface area contributed by atoms with E-state index >= 15 is 0 Å². The Morgan fingerprint density at radius 2 is 1.79 bits per heavy atom. The number of benzene rings is 2. The van der Waals surface area contributed by atoms with Crippen LogP contribution in [-0.4, -0.2) is 45.7 Å². The summed E-state index contributed by atoms with van der Waals surface area (Å²) in [4.78, 5) is 11.1. The highest BCUT2D eigenvalue weighted by Gasteiger charge is 2.18. The van der Waals surface area contributed by atoms with Gasteiger partial charge in [0.15, 0.2) is 0 Å². The molecule has 1 saturated heterocycles. The maximum absolute atomic E-state index is 6.16. The quantitative estimate of drug-likeness (QED) is 0.448. The van der Waals surface area contributed by atoms with E-state index in [-0.39, 0.29) is 0 Å². The molecule has 0 amide bonds. The van der Waals surface area contributed by atoms with Gasteiger partial charge in [-0.05, 0) is 67.2 Å². The minimum Gasteiger partial charge on any atom is -0.490 e. The molecule has 0 aliphatic carbocycles. The Morgan fingerprint density at radius 3 is 2.52 bits per heavy atom. The van der Waals surface area contributed by atoms with Gasteiger partial charge in [-0.15, -0.1) is 0 Å². The van der Waals surface area contributed by atoms with Gasteiger partial charge in [-0.2, -0.15) is 0 Å². The van der Waals surface area contributed by atoms with E-state index in [1.54, 1.807) is 0 Å². The van der Waals surface area contributed by atoms with Crippen molar-refractivity contribution in [2.24, 2.45) is 7.05 Å². The first-order valence-corrected chi connectivity index (χ1v) is 11.3. The third kappa shape index (κ3) is 4.76. The van der Waals surface area contributed by atoms with Crippen LogP contribution in [0, 0.1) is 0 Å². The smallest absolute Gasteiger partial charge is 0.130 e. The third-order valence-corrected chi connectivity index (χ3v) is 6.28. The van der Waals surface area contributed by atoms with Gasteiger partial charge in [0.05, 0.1) is 18.2 Å². The molecular weight excluding hydrogens is 410 g/mol. The zero-order chi connectivity index (χ0) is 22.8. The van der Waals surface area contributed by atoms with E-state index in [4.69, 9.17) is 4.74 Å². The molecule has 0 bridgehead atoms. The van der Waals surface area contributed by atoms with Gasteiger partial charge in [0.25, 0.3) is 0 Å². The van der Waals surface area contributed by atoms with E-state index in [1.165, 1.54) is 0 Å². The molecule has 0 radical (unpaired) electrons. The van der Waals surface area contributed by atoms with Gasteiger partial charge in [0.2, 0.25) is 0 Å². The Hall–Kier alpha value is -3.64. The van der Waals surface area contributed by atoms with Crippen molar-refractivity contribution in [3.8, 4) is 17.0 Å². The first-order chi connectivity index (χ1) is 16.0. The Morgan fingerprint density at radius 1 is 1.00 bits per heavy atom. The van der Waals surface area contributed by atoms with Crippen LogP contribution in [0.25, 0.3) is 27.7 Å². The largest absolute Gasteiger partial charge is 0.490 e. The predicted octanol–water partition coefficient (Wildman–Crippen LogP) is 5.19. The number of anilines is 1. The molecule has 3 heterocycles. The lowest BCUT2D eigenvalue weighted by atomic mass is 10.1. The highest BCUT2D eigenvalue weighted by molar-refractivity contribution is 5.89. The lowest BCUT2D eigenvalue weighted by Gasteiger charge is -2.29. The molecule has 1 fully saturated rings. The third-order valence-electron chi connectivity index (χ3n) is 6.28. The van der Waals surface area contributed by atoms with Crippen LogP contribution in [0.5, 0.6) is 5.75 Å². The van der Waals surface area contributed by atoms with Gasteiger partial charge in [0.1, 0.15) is 17.7 Å². The molecule has 1 aliphatic rings. The molecule has 2 aromatic heterocycles. The summed E-state index contributed by atoms with van der Waals surface area (Å²) < 4.78 is 8.18. The van der Waals surface area contributed by atoms with Crippen LogP contribution in [0.15, 0.2) is 73.8 Å². The summed E-state index contributed by atoms with van der Waals surface area (Å²) in [6, 6.07) is 16.5. The number of likely N-dealkylation sites (tertiary alicyclic amines) is 1. The van der Waals surface area contributed by atoms with Crippen molar-refractivity contribution >= 4 is 22.3 Å². The van der Waals surface area contributed by atoms with Crippen molar-refractivity contribution in [2.75, 3.05) is 25.5 Å². The molecule has 2 aromatic carbocycles. The minimum atomic E-state index is 0.298. The summed E-state index contributed by atoms with van der Waals surface area (Å²) in [5.41, 5.74) is 4.01. The molecule has 1 N–H and O–H groups in total. The number of aryl methyl sites for hydroxylation is 1. The van der Waals surface area contributed by atoms with E-state index < -0.39 is 0 Å². The molecular formula is C27H29N5O. The number of rotatable bonds is 6. The summed E-state index contributed by atoms with van der Waals surface area (Å²) in [7, 11) is 4.16. The second-order valence-corrected chi connectivity index (χ2v) is 8.77. The standard InChI is InChI=1S/C27H29N5O/c1-19(20-6-8-24(9-7-20)33-25-10-12-31(2)13-11-25)30-27-15-23-14-21(4-5-22(23)16-29-27)26-17-28-18-32(26)3/h4-9,14-18,25H,1,10-13H2,2-3H3,(H,29,30). The summed E-state index contributed by atoms with van der Waals surface area (Å²) >= 11 is 0. The fourth-order valence-corrected chi connectivity index (χ4v) is 4.26. The minimum absolute atomic E-state index is 0.298. The zero-order valence-electron chi connectivity index (χ0n) is 19.2. The number of ether oxygens (including phenoxy) is 1.